The van der Waals surface area contributed by atoms with Crippen LogP contribution in [0.5, 0.6) is 0 Å². The Morgan fingerprint density at radius 2 is 1.62 bits per heavy atom. The second-order valence-electron chi connectivity index (χ2n) is 6.14. The van der Waals surface area contributed by atoms with Crippen molar-refractivity contribution in [3.63, 3.8) is 0 Å². The minimum absolute atomic E-state index is 0.590. The van der Waals surface area contributed by atoms with E-state index in [-0.39, 0.29) is 0 Å². The Morgan fingerprint density at radius 3 is 2.44 bits per heavy atom. The van der Waals surface area contributed by atoms with Crippen molar-refractivity contribution in [1.29, 1.82) is 0 Å². The van der Waals surface area contributed by atoms with Gasteiger partial charge in [0.05, 0.1) is 0 Å². The zero-order chi connectivity index (χ0) is 10.8. The maximum absolute atomic E-state index is 3.61. The van der Waals surface area contributed by atoms with E-state index in [0.29, 0.717) is 5.41 Å². The van der Waals surface area contributed by atoms with Crippen molar-refractivity contribution in [3.05, 3.63) is 12.3 Å². The third-order valence-electron chi connectivity index (χ3n) is 5.26. The van der Waals surface area contributed by atoms with Crippen LogP contribution in [0, 0.1) is 11.3 Å². The molecule has 1 nitrogen and oxygen atoms in total. The molecule has 1 heterocycles. The summed E-state index contributed by atoms with van der Waals surface area (Å²) < 4.78 is 0. The molecule has 3 aliphatic rings. The third kappa shape index (κ3) is 1.78. The van der Waals surface area contributed by atoms with Crippen LogP contribution in [0.1, 0.15) is 64.2 Å². The molecule has 2 saturated carbocycles. The van der Waals surface area contributed by atoms with Gasteiger partial charge in [0.25, 0.3) is 0 Å². The molecule has 2 unspecified atom stereocenters. The molecule has 0 bridgehead atoms. The van der Waals surface area contributed by atoms with Crippen LogP contribution >= 0.6 is 0 Å². The van der Waals surface area contributed by atoms with E-state index in [1.54, 1.807) is 0 Å². The largest absolute Gasteiger partial charge is 0.388 e. The van der Waals surface area contributed by atoms with Gasteiger partial charge in [0.15, 0.2) is 0 Å². The lowest BCUT2D eigenvalue weighted by Crippen LogP contribution is -2.43. The smallest absolute Gasteiger partial charge is 0.0292 e. The molecular formula is C15H25N. The highest BCUT2D eigenvalue weighted by molar-refractivity contribution is 5.12. The maximum atomic E-state index is 3.61. The molecule has 0 saturated heterocycles. The summed E-state index contributed by atoms with van der Waals surface area (Å²) in [5.41, 5.74) is 0.590. The van der Waals surface area contributed by atoms with E-state index in [1.807, 2.05) is 0 Å². The van der Waals surface area contributed by atoms with Gasteiger partial charge in [0, 0.05) is 6.04 Å². The van der Waals surface area contributed by atoms with Crippen molar-refractivity contribution in [2.75, 3.05) is 0 Å². The van der Waals surface area contributed by atoms with Crippen molar-refractivity contribution < 1.29 is 0 Å². The zero-order valence-electron chi connectivity index (χ0n) is 10.4. The van der Waals surface area contributed by atoms with Gasteiger partial charge in [0.1, 0.15) is 0 Å². The monoisotopic (exact) mass is 219 g/mol. The number of rotatable bonds is 0. The molecule has 1 N–H and O–H groups in total. The van der Waals surface area contributed by atoms with Gasteiger partial charge in [-0.05, 0) is 43.2 Å². The summed E-state index contributed by atoms with van der Waals surface area (Å²) >= 11 is 0. The summed E-state index contributed by atoms with van der Waals surface area (Å²) in [6.45, 7) is 0. The molecule has 1 aliphatic heterocycles. The Kier molecular flexibility index (Phi) is 2.95. The fraction of sp³-hybridized carbons (Fsp3) is 0.867. The van der Waals surface area contributed by atoms with Gasteiger partial charge in [0.2, 0.25) is 0 Å². The Hall–Kier alpha value is -0.460. The van der Waals surface area contributed by atoms with Gasteiger partial charge in [-0.15, -0.1) is 0 Å². The van der Waals surface area contributed by atoms with E-state index in [1.165, 1.54) is 64.2 Å². The maximum Gasteiger partial charge on any atom is 0.0292 e. The highest BCUT2D eigenvalue weighted by atomic mass is 14.9. The van der Waals surface area contributed by atoms with Crippen LogP contribution < -0.4 is 5.32 Å². The van der Waals surface area contributed by atoms with Gasteiger partial charge < -0.3 is 5.32 Å². The van der Waals surface area contributed by atoms with Gasteiger partial charge in [-0.25, -0.2) is 0 Å². The molecule has 0 amide bonds. The molecule has 2 aliphatic carbocycles. The predicted molar refractivity (Wildman–Crippen MR) is 68.2 cm³/mol. The molecule has 2 atom stereocenters. The van der Waals surface area contributed by atoms with Crippen LogP contribution in [-0.2, 0) is 0 Å². The summed E-state index contributed by atoms with van der Waals surface area (Å²) in [6, 6.07) is 0.810. The first-order chi connectivity index (χ1) is 7.91. The number of hydrogen-bond acceptors (Lipinski definition) is 1. The van der Waals surface area contributed by atoms with Crippen LogP contribution in [0.3, 0.4) is 0 Å². The molecule has 90 valence electrons. The van der Waals surface area contributed by atoms with Crippen molar-refractivity contribution in [2.45, 2.75) is 70.3 Å². The van der Waals surface area contributed by atoms with E-state index in [4.69, 9.17) is 0 Å². The van der Waals surface area contributed by atoms with Crippen LogP contribution in [0.25, 0.3) is 0 Å². The number of fused-ring (bicyclic) bond motifs is 2. The summed E-state index contributed by atoms with van der Waals surface area (Å²) in [4.78, 5) is 0. The fourth-order valence-corrected chi connectivity index (χ4v) is 4.41. The van der Waals surface area contributed by atoms with Crippen LogP contribution in [0.4, 0.5) is 0 Å². The Bertz CT molecular complexity index is 261. The van der Waals surface area contributed by atoms with Crippen LogP contribution in [0.2, 0.25) is 0 Å². The lowest BCUT2D eigenvalue weighted by Gasteiger charge is -2.44. The molecule has 0 aromatic heterocycles. The molecule has 0 aromatic carbocycles. The molecule has 3 rings (SSSR count). The molecular weight excluding hydrogens is 194 g/mol. The average molecular weight is 219 g/mol. The van der Waals surface area contributed by atoms with Crippen LogP contribution in [0.15, 0.2) is 12.3 Å². The van der Waals surface area contributed by atoms with Gasteiger partial charge >= 0.3 is 0 Å². The Morgan fingerprint density at radius 1 is 0.875 bits per heavy atom. The first-order valence-electron chi connectivity index (χ1n) is 7.34. The standard InChI is InChI=1S/C15H25N/c1-2-4-9-15(10-5-3-1)11-12-16-14-8-6-7-13(14)15/h11-14,16H,1-10H2. The molecule has 2 fully saturated rings. The van der Waals surface area contributed by atoms with E-state index in [0.717, 1.165) is 12.0 Å². The highest BCUT2D eigenvalue weighted by Gasteiger charge is 2.44. The quantitative estimate of drug-likeness (QED) is 0.649. The predicted octanol–water partition coefficient (Wildman–Crippen LogP) is 4.00. The van der Waals surface area contributed by atoms with Gasteiger partial charge in [-0.3, -0.25) is 0 Å². The van der Waals surface area contributed by atoms with Crippen LogP contribution in [-0.4, -0.2) is 6.04 Å². The van der Waals surface area contributed by atoms with E-state index < -0.39 is 0 Å². The minimum atomic E-state index is 0.590. The van der Waals surface area contributed by atoms with Crippen molar-refractivity contribution in [1.82, 2.24) is 5.32 Å². The summed E-state index contributed by atoms with van der Waals surface area (Å²) in [6.07, 6.45) is 19.5. The molecule has 0 radical (unpaired) electrons. The molecule has 1 spiro atoms. The van der Waals surface area contributed by atoms with E-state index in [9.17, 15) is 0 Å². The Balaban J connectivity index is 1.82. The summed E-state index contributed by atoms with van der Waals surface area (Å²) in [5.74, 6) is 0.954. The lowest BCUT2D eigenvalue weighted by atomic mass is 9.64. The second kappa shape index (κ2) is 4.43. The Labute approximate surface area is 99.7 Å². The van der Waals surface area contributed by atoms with Crippen molar-refractivity contribution >= 4 is 0 Å². The highest BCUT2D eigenvalue weighted by Crippen LogP contribution is 2.50. The minimum Gasteiger partial charge on any atom is -0.388 e. The average Bonchev–Trinajstić information content (AvgIpc) is 2.73. The third-order valence-corrected chi connectivity index (χ3v) is 5.26. The van der Waals surface area contributed by atoms with Gasteiger partial charge in [-0.2, -0.15) is 0 Å². The molecule has 16 heavy (non-hydrogen) atoms. The van der Waals surface area contributed by atoms with E-state index in [2.05, 4.69) is 17.6 Å². The topological polar surface area (TPSA) is 12.0 Å². The normalized spacial score (nSPS) is 37.5. The van der Waals surface area contributed by atoms with Crippen molar-refractivity contribution in [2.24, 2.45) is 11.3 Å². The summed E-state index contributed by atoms with van der Waals surface area (Å²) in [7, 11) is 0. The van der Waals surface area contributed by atoms with E-state index >= 15 is 0 Å². The van der Waals surface area contributed by atoms with Gasteiger partial charge in [-0.1, -0.05) is 44.6 Å². The SMILES string of the molecule is C1=CC2(CCCCCCC2)C2CCCC2N1. The summed E-state index contributed by atoms with van der Waals surface area (Å²) in [5, 5.41) is 3.61. The molecule has 1 heteroatoms. The second-order valence-corrected chi connectivity index (χ2v) is 6.14. The van der Waals surface area contributed by atoms with Crippen molar-refractivity contribution in [3.8, 4) is 0 Å². The zero-order valence-corrected chi connectivity index (χ0v) is 10.4. The molecule has 0 aromatic rings. The fourth-order valence-electron chi connectivity index (χ4n) is 4.41. The number of hydrogen-bond donors (Lipinski definition) is 1. The first kappa shape index (κ1) is 10.7. The lowest BCUT2D eigenvalue weighted by molar-refractivity contribution is 0.141. The first-order valence-corrected chi connectivity index (χ1v) is 7.34. The number of allylic oxidation sites excluding steroid dienone is 1. The number of nitrogens with one attached hydrogen (secondary N) is 1.